The normalized spacial score (nSPS) is 10.5. The quantitative estimate of drug-likeness (QED) is 0.0329. The zero-order valence-electron chi connectivity index (χ0n) is 27.4. The third-order valence-corrected chi connectivity index (χ3v) is 6.14. The molecule has 4 heterocycles. The lowest BCUT2D eigenvalue weighted by Crippen LogP contribution is -2.21. The van der Waals surface area contributed by atoms with Crippen molar-refractivity contribution < 1.29 is 9.90 Å². The molecule has 0 spiro atoms. The number of carboxylic acid groups (broad SMARTS) is 1. The van der Waals surface area contributed by atoms with E-state index in [1.165, 1.54) is 6.33 Å². The molecule has 0 aliphatic heterocycles. The molecule has 0 atom stereocenters. The third-order valence-electron chi connectivity index (χ3n) is 5.92. The van der Waals surface area contributed by atoms with Crippen molar-refractivity contribution in [2.45, 2.75) is 13.3 Å². The molecule has 50 heavy (non-hydrogen) atoms. The summed E-state index contributed by atoms with van der Waals surface area (Å²) in [4.78, 5) is 61.8. The van der Waals surface area contributed by atoms with Gasteiger partial charge in [-0.1, -0.05) is 0 Å². The first-order valence-corrected chi connectivity index (χ1v) is 16.0. The summed E-state index contributed by atoms with van der Waals surface area (Å²) < 4.78 is 0. The van der Waals surface area contributed by atoms with Gasteiger partial charge in [-0.05, 0) is 6.92 Å². The molecule has 0 amide bonds. The zero-order chi connectivity index (χ0) is 35.6. The largest absolute Gasteiger partial charge is 0.481 e. The van der Waals surface area contributed by atoms with Crippen molar-refractivity contribution in [1.29, 1.82) is 0 Å². The maximum absolute atomic E-state index is 11.0. The average Bonchev–Trinajstić information content (AvgIpc) is 3.09. The van der Waals surface area contributed by atoms with Gasteiger partial charge in [0.1, 0.15) is 12.2 Å². The first-order valence-electron chi connectivity index (χ1n) is 15.4. The predicted octanol–water partition coefficient (Wildman–Crippen LogP) is -0.841. The number of aryl methyl sites for hydroxylation is 1. The number of rotatable bonds is 23. The fourth-order valence-electron chi connectivity index (χ4n) is 3.80. The van der Waals surface area contributed by atoms with E-state index in [-0.39, 0.29) is 36.8 Å². The van der Waals surface area contributed by atoms with Gasteiger partial charge in [0, 0.05) is 65.2 Å². The van der Waals surface area contributed by atoms with Crippen LogP contribution in [0.3, 0.4) is 0 Å². The Morgan fingerprint density at radius 1 is 0.580 bits per heavy atom. The Morgan fingerprint density at radius 3 is 1.38 bits per heavy atom. The van der Waals surface area contributed by atoms with Gasteiger partial charge in [-0.2, -0.15) is 62.5 Å². The number of nitrogens with two attached hydrogens (primary N) is 1. The molecule has 0 saturated carbocycles. The van der Waals surface area contributed by atoms with Crippen LogP contribution in [0.2, 0.25) is 0 Å². The van der Waals surface area contributed by atoms with E-state index in [4.69, 9.17) is 10.8 Å². The van der Waals surface area contributed by atoms with Crippen LogP contribution in [-0.2, 0) is 4.79 Å². The molecule has 0 aliphatic carbocycles. The second kappa shape index (κ2) is 19.6. The van der Waals surface area contributed by atoms with Crippen molar-refractivity contribution in [2.24, 2.45) is 0 Å². The molecule has 0 saturated heterocycles. The van der Waals surface area contributed by atoms with Crippen LogP contribution in [0.15, 0.2) is 6.33 Å². The van der Waals surface area contributed by atoms with Crippen LogP contribution in [0.1, 0.15) is 12.2 Å². The van der Waals surface area contributed by atoms with Crippen molar-refractivity contribution in [1.82, 2.24) is 59.8 Å². The maximum atomic E-state index is 11.0. The molecular weight excluding hydrogens is 672 g/mol. The molecule has 24 nitrogen and oxygen atoms in total. The number of hydrogen-bond donors (Lipinski definition) is 12. The third kappa shape index (κ3) is 13.2. The van der Waals surface area contributed by atoms with Gasteiger partial charge in [0.15, 0.2) is 0 Å². The minimum absolute atomic E-state index is 0.106. The number of thiol groups is 1. The lowest BCUT2D eigenvalue weighted by Gasteiger charge is -2.12. The van der Waals surface area contributed by atoms with Crippen LogP contribution >= 0.6 is 12.6 Å². The van der Waals surface area contributed by atoms with Crippen molar-refractivity contribution in [3.05, 3.63) is 12.2 Å². The first-order chi connectivity index (χ1) is 24.3. The van der Waals surface area contributed by atoms with Crippen LogP contribution in [0, 0.1) is 6.92 Å². The van der Waals surface area contributed by atoms with Crippen LogP contribution < -0.4 is 53.6 Å². The number of hydrogen-bond acceptors (Lipinski definition) is 24. The van der Waals surface area contributed by atoms with E-state index in [0.717, 1.165) is 0 Å². The molecule has 0 radical (unpaired) electrons. The van der Waals surface area contributed by atoms with E-state index in [1.54, 1.807) is 14.0 Å². The number of aromatic nitrogens is 12. The van der Waals surface area contributed by atoms with Crippen LogP contribution in [0.4, 0.5) is 59.5 Å². The van der Waals surface area contributed by atoms with Gasteiger partial charge in [0.05, 0.1) is 6.42 Å². The van der Waals surface area contributed by atoms with Crippen molar-refractivity contribution in [2.75, 3.05) is 119 Å². The minimum atomic E-state index is -0.947. The Labute approximate surface area is 291 Å². The second-order valence-corrected chi connectivity index (χ2v) is 10.3. The van der Waals surface area contributed by atoms with Gasteiger partial charge in [0.2, 0.25) is 59.5 Å². The Kier molecular flexibility index (Phi) is 14.4. The SMILES string of the molecule is CNc1nc(NCCS)nc(NCCNc2ncnc(NCCNc3nc(NCCNc4nc(C)nc(N)n4)nc(NCCC(=O)O)n3)n2)n1. The van der Waals surface area contributed by atoms with Gasteiger partial charge in [-0.25, -0.2) is 9.97 Å². The summed E-state index contributed by atoms with van der Waals surface area (Å²) in [7, 11) is 1.73. The van der Waals surface area contributed by atoms with Gasteiger partial charge >= 0.3 is 5.97 Å². The summed E-state index contributed by atoms with van der Waals surface area (Å²) in [6.45, 7) is 5.07. The van der Waals surface area contributed by atoms with E-state index in [9.17, 15) is 4.79 Å². The summed E-state index contributed by atoms with van der Waals surface area (Å²) in [6.07, 6.45) is 1.29. The Morgan fingerprint density at radius 2 is 0.960 bits per heavy atom. The smallest absolute Gasteiger partial charge is 0.305 e. The van der Waals surface area contributed by atoms with Crippen LogP contribution in [-0.4, -0.2) is 136 Å². The van der Waals surface area contributed by atoms with E-state index in [1.807, 2.05) is 0 Å². The minimum Gasteiger partial charge on any atom is -0.481 e. The lowest BCUT2D eigenvalue weighted by molar-refractivity contribution is -0.136. The van der Waals surface area contributed by atoms with E-state index >= 15 is 0 Å². The second-order valence-electron chi connectivity index (χ2n) is 9.84. The van der Waals surface area contributed by atoms with E-state index in [2.05, 4.69) is 120 Å². The molecular formula is C25H40N22O2S. The van der Waals surface area contributed by atoms with Crippen LogP contribution in [0.5, 0.6) is 0 Å². The Hall–Kier alpha value is -6.14. The molecule has 4 aromatic heterocycles. The highest BCUT2D eigenvalue weighted by molar-refractivity contribution is 7.80. The topological polar surface area (TPSA) is 326 Å². The molecule has 25 heteroatoms. The fraction of sp³-hybridized carbons (Fsp3) is 0.480. The number of aliphatic carboxylic acids is 1. The number of nitrogens with zero attached hydrogens (tertiary/aromatic N) is 12. The molecule has 0 aromatic carbocycles. The molecule has 12 N–H and O–H groups in total. The Bertz CT molecular complexity index is 1650. The highest BCUT2D eigenvalue weighted by atomic mass is 32.1. The molecule has 268 valence electrons. The molecule has 0 bridgehead atoms. The molecule has 0 fully saturated rings. The number of carbonyl (C=O) groups is 1. The lowest BCUT2D eigenvalue weighted by atomic mass is 10.4. The first kappa shape index (κ1) is 36.7. The summed E-state index contributed by atoms with van der Waals surface area (Å²) in [5.74, 6) is 3.45. The summed E-state index contributed by atoms with van der Waals surface area (Å²) in [5.41, 5.74) is 5.67. The molecule has 0 aliphatic rings. The van der Waals surface area contributed by atoms with Crippen molar-refractivity contribution in [3.8, 4) is 0 Å². The summed E-state index contributed by atoms with van der Waals surface area (Å²) in [5, 5.41) is 36.5. The molecule has 4 rings (SSSR count). The van der Waals surface area contributed by atoms with Gasteiger partial charge in [-0.15, -0.1) is 0 Å². The van der Waals surface area contributed by atoms with Gasteiger partial charge in [0.25, 0.3) is 0 Å². The van der Waals surface area contributed by atoms with Crippen molar-refractivity contribution >= 4 is 78.1 Å². The Balaban J connectivity index is 1.23. The highest BCUT2D eigenvalue weighted by Crippen LogP contribution is 2.11. The van der Waals surface area contributed by atoms with Crippen LogP contribution in [0.25, 0.3) is 0 Å². The van der Waals surface area contributed by atoms with E-state index in [0.29, 0.717) is 93.1 Å². The highest BCUT2D eigenvalue weighted by Gasteiger charge is 2.09. The van der Waals surface area contributed by atoms with Gasteiger partial charge in [-0.3, -0.25) is 4.79 Å². The average molecular weight is 713 g/mol. The van der Waals surface area contributed by atoms with Gasteiger partial charge < -0.3 is 58.7 Å². The zero-order valence-corrected chi connectivity index (χ0v) is 28.3. The number of anilines is 10. The predicted molar refractivity (Wildman–Crippen MR) is 192 cm³/mol. The number of nitrogen functional groups attached to an aromatic ring is 1. The standard InChI is InChI=1S/C25H40N22O2S/c1-14-38-16(26)40-20(39-14)31-9-10-34-24-45-21(28-4-3-15(48)49)44-23(47-24)33-8-6-30-19-37-13-36-18(43-19)29-5-7-32-22-41-17(27-2)42-25(46-22)35-11-12-50/h13,50H,3-12H2,1-2H3,(H,48,49)(H3,26,31,38,39,40)(H2,29,30,36,37,43)(H3,27,32,35,41,42,46)(H3,28,33,34,44,45,47). The fourth-order valence-corrected chi connectivity index (χ4v) is 3.91. The number of carboxylic acids is 1. The summed E-state index contributed by atoms with van der Waals surface area (Å²) in [6, 6.07) is 0. The number of nitrogens with one attached hydrogen (secondary N) is 9. The molecule has 4 aromatic rings. The maximum Gasteiger partial charge on any atom is 0.305 e. The summed E-state index contributed by atoms with van der Waals surface area (Å²) >= 11 is 4.19. The monoisotopic (exact) mass is 712 g/mol. The molecule has 0 unspecified atom stereocenters. The van der Waals surface area contributed by atoms with E-state index < -0.39 is 5.97 Å². The van der Waals surface area contributed by atoms with Crippen molar-refractivity contribution in [3.63, 3.8) is 0 Å².